The number of nitrogens with one attached hydrogen (secondary N) is 1. The fraction of sp³-hybridized carbons (Fsp3) is 0.300. The van der Waals surface area contributed by atoms with Gasteiger partial charge >= 0.3 is 0 Å². The summed E-state index contributed by atoms with van der Waals surface area (Å²) in [4.78, 5) is 17.7. The highest BCUT2D eigenvalue weighted by molar-refractivity contribution is 6.05. The minimum Gasteiger partial charge on any atom is -0.320 e. The van der Waals surface area contributed by atoms with Crippen molar-refractivity contribution in [2.45, 2.75) is 40.5 Å². The number of imidazole rings is 1. The van der Waals surface area contributed by atoms with Gasteiger partial charge in [0.25, 0.3) is 5.91 Å². The van der Waals surface area contributed by atoms with E-state index in [4.69, 9.17) is 0 Å². The van der Waals surface area contributed by atoms with Crippen molar-refractivity contribution in [1.82, 2.24) is 9.38 Å². The molecule has 4 nitrogen and oxygen atoms in total. The maximum Gasteiger partial charge on any atom is 0.274 e. The Morgan fingerprint density at radius 3 is 2.54 bits per heavy atom. The minimum absolute atomic E-state index is 0.103. The van der Waals surface area contributed by atoms with E-state index < -0.39 is 0 Å². The Morgan fingerprint density at radius 2 is 1.83 bits per heavy atom. The molecule has 2 heterocycles. The van der Waals surface area contributed by atoms with Crippen LogP contribution in [-0.2, 0) is 12.8 Å². The van der Waals surface area contributed by atoms with Crippen LogP contribution in [0.4, 0.5) is 5.69 Å². The summed E-state index contributed by atoms with van der Waals surface area (Å²) in [6.45, 7) is 8.16. The van der Waals surface area contributed by atoms with Crippen LogP contribution in [0, 0.1) is 13.8 Å². The van der Waals surface area contributed by atoms with Crippen molar-refractivity contribution in [3.8, 4) is 0 Å². The molecule has 4 heteroatoms. The Morgan fingerprint density at radius 1 is 1.08 bits per heavy atom. The number of amides is 1. The predicted octanol–water partition coefficient (Wildman–Crippen LogP) is 4.33. The first-order valence-electron chi connectivity index (χ1n) is 8.43. The zero-order valence-electron chi connectivity index (χ0n) is 14.7. The molecule has 1 N–H and O–H groups in total. The van der Waals surface area contributed by atoms with Gasteiger partial charge in [0.15, 0.2) is 0 Å². The number of para-hydroxylation sites is 1. The molecule has 3 rings (SSSR count). The van der Waals surface area contributed by atoms with Crippen molar-refractivity contribution in [2.75, 3.05) is 5.32 Å². The van der Waals surface area contributed by atoms with Gasteiger partial charge in [-0.25, -0.2) is 4.98 Å². The fourth-order valence-corrected chi connectivity index (χ4v) is 3.11. The average Bonchev–Trinajstić information content (AvgIpc) is 2.96. The van der Waals surface area contributed by atoms with Gasteiger partial charge in [-0.1, -0.05) is 38.1 Å². The van der Waals surface area contributed by atoms with Crippen LogP contribution in [0.1, 0.15) is 46.7 Å². The number of pyridine rings is 1. The van der Waals surface area contributed by atoms with Gasteiger partial charge in [-0.3, -0.25) is 9.20 Å². The molecule has 0 atom stereocenters. The molecule has 0 saturated carbocycles. The number of benzene rings is 1. The number of nitrogens with zero attached hydrogens (tertiary/aromatic N) is 2. The predicted molar refractivity (Wildman–Crippen MR) is 97.8 cm³/mol. The van der Waals surface area contributed by atoms with E-state index in [0.717, 1.165) is 46.6 Å². The fourth-order valence-electron chi connectivity index (χ4n) is 3.11. The van der Waals surface area contributed by atoms with E-state index in [1.807, 2.05) is 55.6 Å². The monoisotopic (exact) mass is 321 g/mol. The summed E-state index contributed by atoms with van der Waals surface area (Å²) in [5.41, 5.74) is 6.50. The normalized spacial score (nSPS) is 11.0. The zero-order valence-corrected chi connectivity index (χ0v) is 14.7. The van der Waals surface area contributed by atoms with Crippen LogP contribution in [0.3, 0.4) is 0 Å². The highest BCUT2D eigenvalue weighted by Gasteiger charge is 2.20. The molecule has 0 spiro atoms. The topological polar surface area (TPSA) is 46.4 Å². The molecule has 24 heavy (non-hydrogen) atoms. The number of hydrogen-bond donors (Lipinski definition) is 1. The third-order valence-corrected chi connectivity index (χ3v) is 4.45. The first-order valence-corrected chi connectivity index (χ1v) is 8.43. The zero-order chi connectivity index (χ0) is 17.3. The van der Waals surface area contributed by atoms with Crippen LogP contribution in [0.15, 0.2) is 36.5 Å². The Balaban J connectivity index is 2.09. The van der Waals surface area contributed by atoms with Gasteiger partial charge in [0, 0.05) is 11.9 Å². The lowest BCUT2D eigenvalue weighted by Gasteiger charge is -2.13. The lowest BCUT2D eigenvalue weighted by molar-refractivity contribution is 0.102. The number of carbonyl (C=O) groups is 1. The van der Waals surface area contributed by atoms with Crippen molar-refractivity contribution in [1.29, 1.82) is 0 Å². The highest BCUT2D eigenvalue weighted by Crippen LogP contribution is 2.23. The van der Waals surface area contributed by atoms with E-state index in [9.17, 15) is 4.79 Å². The lowest BCUT2D eigenvalue weighted by Crippen LogP contribution is -2.18. The summed E-state index contributed by atoms with van der Waals surface area (Å²) in [5, 5.41) is 3.12. The molecule has 0 unspecified atom stereocenters. The summed E-state index contributed by atoms with van der Waals surface area (Å²) in [5.74, 6) is -0.103. The second-order valence-electron chi connectivity index (χ2n) is 6.06. The van der Waals surface area contributed by atoms with Crippen molar-refractivity contribution in [2.24, 2.45) is 0 Å². The summed E-state index contributed by atoms with van der Waals surface area (Å²) in [6, 6.07) is 10.1. The number of rotatable bonds is 4. The first-order chi connectivity index (χ1) is 11.6. The number of fused-ring (bicyclic) bond motifs is 1. The molecular formula is C20H23N3O. The van der Waals surface area contributed by atoms with E-state index in [-0.39, 0.29) is 5.91 Å². The number of carbonyl (C=O) groups excluding carboxylic acids is 1. The van der Waals surface area contributed by atoms with Gasteiger partial charge in [-0.05, 0) is 49.4 Å². The Hall–Kier alpha value is -2.62. The quantitative estimate of drug-likeness (QED) is 0.777. The summed E-state index contributed by atoms with van der Waals surface area (Å²) in [6.07, 6.45) is 3.50. The maximum atomic E-state index is 13.0. The maximum absolute atomic E-state index is 13.0. The molecule has 3 aromatic rings. The lowest BCUT2D eigenvalue weighted by atomic mass is 10.1. The van der Waals surface area contributed by atoms with Crippen LogP contribution < -0.4 is 5.32 Å². The number of aromatic nitrogens is 2. The Labute approximate surface area is 142 Å². The van der Waals surface area contributed by atoms with Crippen LogP contribution in [0.2, 0.25) is 0 Å². The van der Waals surface area contributed by atoms with Gasteiger partial charge in [0.2, 0.25) is 0 Å². The molecule has 2 aromatic heterocycles. The van der Waals surface area contributed by atoms with E-state index in [1.54, 1.807) is 0 Å². The van der Waals surface area contributed by atoms with E-state index >= 15 is 0 Å². The molecule has 124 valence electrons. The summed E-state index contributed by atoms with van der Waals surface area (Å²) < 4.78 is 1.90. The van der Waals surface area contributed by atoms with Gasteiger partial charge in [0.05, 0.1) is 5.69 Å². The summed E-state index contributed by atoms with van der Waals surface area (Å²) >= 11 is 0. The van der Waals surface area contributed by atoms with Crippen LogP contribution in [-0.4, -0.2) is 15.3 Å². The molecule has 0 fully saturated rings. The number of aryl methyl sites for hydroxylation is 4. The number of hydrogen-bond acceptors (Lipinski definition) is 2. The molecule has 0 aliphatic rings. The molecule has 0 aliphatic heterocycles. The molecule has 1 aromatic carbocycles. The van der Waals surface area contributed by atoms with Gasteiger partial charge in [-0.15, -0.1) is 0 Å². The Kier molecular flexibility index (Phi) is 4.38. The van der Waals surface area contributed by atoms with Gasteiger partial charge < -0.3 is 5.32 Å². The van der Waals surface area contributed by atoms with Gasteiger partial charge in [-0.2, -0.15) is 0 Å². The molecule has 1 amide bonds. The highest BCUT2D eigenvalue weighted by atomic mass is 16.2. The van der Waals surface area contributed by atoms with Crippen molar-refractivity contribution in [3.63, 3.8) is 0 Å². The second-order valence-corrected chi connectivity index (χ2v) is 6.06. The van der Waals surface area contributed by atoms with Crippen LogP contribution in [0.25, 0.3) is 5.65 Å². The van der Waals surface area contributed by atoms with E-state index in [0.29, 0.717) is 5.69 Å². The second kappa shape index (κ2) is 6.48. The molecule has 0 bridgehead atoms. The molecular weight excluding hydrogens is 298 g/mol. The van der Waals surface area contributed by atoms with Gasteiger partial charge in [0.1, 0.15) is 11.3 Å². The van der Waals surface area contributed by atoms with E-state index in [1.165, 1.54) is 0 Å². The van der Waals surface area contributed by atoms with Crippen LogP contribution >= 0.6 is 0 Å². The largest absolute Gasteiger partial charge is 0.320 e. The third kappa shape index (κ3) is 2.68. The van der Waals surface area contributed by atoms with E-state index in [2.05, 4.69) is 23.3 Å². The number of anilines is 1. The average molecular weight is 321 g/mol. The van der Waals surface area contributed by atoms with Crippen molar-refractivity contribution < 1.29 is 4.79 Å². The molecule has 0 radical (unpaired) electrons. The molecule has 0 saturated heterocycles. The smallest absolute Gasteiger partial charge is 0.274 e. The van der Waals surface area contributed by atoms with Crippen LogP contribution in [0.5, 0.6) is 0 Å². The third-order valence-electron chi connectivity index (χ3n) is 4.45. The Bertz CT molecular complexity index is 909. The summed E-state index contributed by atoms with van der Waals surface area (Å²) in [7, 11) is 0. The van der Waals surface area contributed by atoms with Crippen molar-refractivity contribution >= 4 is 17.2 Å². The SMILES string of the molecule is CCc1cccc(C)c1NC(=O)c1c(CC)nc2c(C)cccn12. The standard InChI is InChI=1S/C20H23N3O/c1-5-15-11-7-9-13(3)17(15)22-20(24)18-16(6-2)21-19-14(4)10-8-12-23(18)19/h7-12H,5-6H2,1-4H3,(H,22,24). The molecule has 0 aliphatic carbocycles. The minimum atomic E-state index is -0.103. The van der Waals surface area contributed by atoms with Crippen molar-refractivity contribution in [3.05, 3.63) is 64.6 Å². The first kappa shape index (κ1) is 16.2.